The molecule has 250 valence electrons. The second-order valence-electron chi connectivity index (χ2n) is 14.0. The minimum Gasteiger partial charge on any atom is -0.208 e. The normalized spacial score (nSPS) is 11.7. The number of nitrogens with zero attached hydrogens (tertiary/aromatic N) is 3. The molecule has 0 atom stereocenters. The summed E-state index contributed by atoms with van der Waals surface area (Å²) in [6, 6.07) is 67.1. The molecule has 0 bridgehead atoms. The molecule has 10 aromatic rings. The number of aromatic nitrogens is 3. The van der Waals surface area contributed by atoms with Crippen molar-refractivity contribution in [2.24, 2.45) is 0 Å². The van der Waals surface area contributed by atoms with E-state index < -0.39 is 0 Å². The molecule has 9 aromatic carbocycles. The smallest absolute Gasteiger partial charge is 0.164 e. The molecule has 0 amide bonds. The SMILES string of the molecule is c1ccc(-c2nc(-c3ccccc3)nc(-c3ccc(-c4ccc5ccccc5c4-c4ccc5c6c(cccc46)-c4cc6ccccc6cc4-5)cc3)n2)cc1. The van der Waals surface area contributed by atoms with Crippen LogP contribution in [0, 0.1) is 0 Å². The molecule has 0 fully saturated rings. The quantitative estimate of drug-likeness (QED) is 0.181. The Labute approximate surface area is 312 Å². The monoisotopic (exact) mass is 685 g/mol. The minimum atomic E-state index is 0.646. The molecule has 0 unspecified atom stereocenters. The van der Waals surface area contributed by atoms with E-state index >= 15 is 0 Å². The first-order valence-corrected chi connectivity index (χ1v) is 18.4. The average Bonchev–Trinajstić information content (AvgIpc) is 3.56. The first-order valence-electron chi connectivity index (χ1n) is 18.4. The highest BCUT2D eigenvalue weighted by molar-refractivity contribution is 6.22. The minimum absolute atomic E-state index is 0.646. The number of hydrogen-bond donors (Lipinski definition) is 0. The molecule has 3 heteroatoms. The third kappa shape index (κ3) is 4.87. The summed E-state index contributed by atoms with van der Waals surface area (Å²) in [6.45, 7) is 0. The zero-order valence-corrected chi connectivity index (χ0v) is 29.2. The van der Waals surface area contributed by atoms with Crippen molar-refractivity contribution in [2.45, 2.75) is 0 Å². The molecule has 0 spiro atoms. The van der Waals surface area contributed by atoms with Crippen molar-refractivity contribution in [1.29, 1.82) is 0 Å². The van der Waals surface area contributed by atoms with Gasteiger partial charge in [0.05, 0.1) is 0 Å². The summed E-state index contributed by atoms with van der Waals surface area (Å²) in [4.78, 5) is 14.8. The largest absolute Gasteiger partial charge is 0.208 e. The van der Waals surface area contributed by atoms with Crippen LogP contribution in [0.2, 0.25) is 0 Å². The van der Waals surface area contributed by atoms with Crippen LogP contribution in [0.3, 0.4) is 0 Å². The fraction of sp³-hybridized carbons (Fsp3) is 0. The Balaban J connectivity index is 1.07. The first-order chi connectivity index (χ1) is 26.8. The van der Waals surface area contributed by atoms with Crippen LogP contribution in [-0.2, 0) is 0 Å². The van der Waals surface area contributed by atoms with Gasteiger partial charge in [-0.3, -0.25) is 0 Å². The summed E-state index contributed by atoms with van der Waals surface area (Å²) in [5, 5.41) is 7.59. The van der Waals surface area contributed by atoms with Crippen molar-refractivity contribution < 1.29 is 0 Å². The highest BCUT2D eigenvalue weighted by atomic mass is 15.0. The number of fused-ring (bicyclic) bond motifs is 5. The molecule has 3 nitrogen and oxygen atoms in total. The third-order valence-corrected chi connectivity index (χ3v) is 10.9. The van der Waals surface area contributed by atoms with E-state index in [2.05, 4.69) is 127 Å². The van der Waals surface area contributed by atoms with Gasteiger partial charge in [-0.2, -0.15) is 0 Å². The molecule has 1 aromatic heterocycles. The second kappa shape index (κ2) is 12.2. The van der Waals surface area contributed by atoms with Gasteiger partial charge in [0.2, 0.25) is 0 Å². The molecule has 1 heterocycles. The molecule has 0 radical (unpaired) electrons. The van der Waals surface area contributed by atoms with Crippen molar-refractivity contribution >= 4 is 32.3 Å². The molecule has 1 aliphatic rings. The van der Waals surface area contributed by atoms with E-state index in [1.165, 1.54) is 71.3 Å². The van der Waals surface area contributed by atoms with Crippen molar-refractivity contribution in [3.8, 4) is 78.7 Å². The highest BCUT2D eigenvalue weighted by Gasteiger charge is 2.25. The molecular formula is C51H31N3. The van der Waals surface area contributed by atoms with Gasteiger partial charge in [-0.1, -0.05) is 176 Å². The van der Waals surface area contributed by atoms with Gasteiger partial charge in [-0.05, 0) is 89.0 Å². The molecule has 0 aliphatic heterocycles. The van der Waals surface area contributed by atoms with Crippen molar-refractivity contribution in [2.75, 3.05) is 0 Å². The lowest BCUT2D eigenvalue weighted by atomic mass is 9.86. The molecular weight excluding hydrogens is 655 g/mol. The summed E-state index contributed by atoms with van der Waals surface area (Å²) >= 11 is 0. The van der Waals surface area contributed by atoms with E-state index in [1.807, 2.05) is 60.7 Å². The third-order valence-electron chi connectivity index (χ3n) is 10.9. The van der Waals surface area contributed by atoms with Crippen molar-refractivity contribution in [3.63, 3.8) is 0 Å². The maximum absolute atomic E-state index is 4.98. The number of rotatable bonds is 5. The van der Waals surface area contributed by atoms with Crippen LogP contribution in [0.5, 0.6) is 0 Å². The molecule has 54 heavy (non-hydrogen) atoms. The van der Waals surface area contributed by atoms with Crippen LogP contribution in [0.25, 0.3) is 111 Å². The fourth-order valence-electron chi connectivity index (χ4n) is 8.30. The maximum atomic E-state index is 4.98. The van der Waals surface area contributed by atoms with Gasteiger partial charge < -0.3 is 0 Å². The van der Waals surface area contributed by atoms with Crippen LogP contribution in [0.1, 0.15) is 0 Å². The molecule has 0 saturated heterocycles. The number of benzene rings is 9. The van der Waals surface area contributed by atoms with E-state index in [1.54, 1.807) is 0 Å². The van der Waals surface area contributed by atoms with Gasteiger partial charge in [-0.15, -0.1) is 0 Å². The fourth-order valence-corrected chi connectivity index (χ4v) is 8.30. The van der Waals surface area contributed by atoms with Gasteiger partial charge in [0.15, 0.2) is 17.5 Å². The van der Waals surface area contributed by atoms with Crippen LogP contribution in [-0.4, -0.2) is 15.0 Å². The van der Waals surface area contributed by atoms with Crippen molar-refractivity contribution in [1.82, 2.24) is 15.0 Å². The summed E-state index contributed by atoms with van der Waals surface area (Å²) in [7, 11) is 0. The van der Waals surface area contributed by atoms with E-state index in [9.17, 15) is 0 Å². The zero-order valence-electron chi connectivity index (χ0n) is 29.2. The van der Waals surface area contributed by atoms with Crippen molar-refractivity contribution in [3.05, 3.63) is 188 Å². The van der Waals surface area contributed by atoms with E-state index in [4.69, 9.17) is 15.0 Å². The van der Waals surface area contributed by atoms with Gasteiger partial charge >= 0.3 is 0 Å². The maximum Gasteiger partial charge on any atom is 0.164 e. The molecule has 1 aliphatic carbocycles. The van der Waals surface area contributed by atoms with Crippen LogP contribution >= 0.6 is 0 Å². The van der Waals surface area contributed by atoms with Crippen LogP contribution in [0.4, 0.5) is 0 Å². The predicted molar refractivity (Wildman–Crippen MR) is 224 cm³/mol. The summed E-state index contributed by atoms with van der Waals surface area (Å²) in [5.74, 6) is 1.96. The lowest BCUT2D eigenvalue weighted by Crippen LogP contribution is -2.00. The summed E-state index contributed by atoms with van der Waals surface area (Å²) in [5.41, 5.74) is 12.9. The molecule has 0 saturated carbocycles. The summed E-state index contributed by atoms with van der Waals surface area (Å²) < 4.78 is 0. The molecule has 0 N–H and O–H groups in total. The van der Waals surface area contributed by atoms with E-state index in [-0.39, 0.29) is 0 Å². The van der Waals surface area contributed by atoms with E-state index in [0.717, 1.165) is 22.3 Å². The average molecular weight is 686 g/mol. The van der Waals surface area contributed by atoms with Gasteiger partial charge in [-0.25, -0.2) is 15.0 Å². The molecule has 11 rings (SSSR count). The standard InChI is InChI=1S/C51H31N3/c1-3-13-34(14-4-1)49-52-50(35-15-5-2-6-16-35)54-51(53-49)36-24-22-33(23-25-36)40-27-26-32-12-9-10-19-39(32)47(40)43-28-29-44-46-31-38-18-8-7-17-37(38)30-45(46)42-21-11-20-41(43)48(42)44/h1-31H. The van der Waals surface area contributed by atoms with Crippen LogP contribution in [0.15, 0.2) is 188 Å². The van der Waals surface area contributed by atoms with Gasteiger partial charge in [0.25, 0.3) is 0 Å². The van der Waals surface area contributed by atoms with E-state index in [0.29, 0.717) is 17.5 Å². The van der Waals surface area contributed by atoms with Crippen LogP contribution < -0.4 is 0 Å². The lowest BCUT2D eigenvalue weighted by Gasteiger charge is -2.17. The Hall–Kier alpha value is -7.23. The second-order valence-corrected chi connectivity index (χ2v) is 14.0. The highest BCUT2D eigenvalue weighted by Crippen LogP contribution is 2.52. The lowest BCUT2D eigenvalue weighted by molar-refractivity contribution is 1.07. The Kier molecular flexibility index (Phi) is 6.86. The first kappa shape index (κ1) is 30.4. The number of hydrogen-bond acceptors (Lipinski definition) is 3. The zero-order chi connectivity index (χ0) is 35.6. The summed E-state index contributed by atoms with van der Waals surface area (Å²) in [6.07, 6.45) is 0. The predicted octanol–water partition coefficient (Wildman–Crippen LogP) is 13.3. The topological polar surface area (TPSA) is 38.7 Å². The van der Waals surface area contributed by atoms with Gasteiger partial charge in [0.1, 0.15) is 0 Å². The van der Waals surface area contributed by atoms with Gasteiger partial charge in [0, 0.05) is 16.7 Å². The Morgan fingerprint density at radius 2 is 0.722 bits per heavy atom. The Bertz CT molecular complexity index is 2970. The Morgan fingerprint density at radius 1 is 0.259 bits per heavy atom. The Morgan fingerprint density at radius 3 is 1.35 bits per heavy atom.